The van der Waals surface area contributed by atoms with Crippen LogP contribution >= 0.6 is 0 Å². The van der Waals surface area contributed by atoms with Crippen molar-refractivity contribution in [3.05, 3.63) is 0 Å². The van der Waals surface area contributed by atoms with E-state index in [1.165, 1.54) is 6.42 Å². The molecule has 72 valence electrons. The van der Waals surface area contributed by atoms with Crippen LogP contribution in [0.3, 0.4) is 0 Å². The van der Waals surface area contributed by atoms with Crippen LogP contribution in [0.15, 0.2) is 0 Å². The second kappa shape index (κ2) is 4.80. The Morgan fingerprint density at radius 1 is 1.58 bits per heavy atom. The maximum atomic E-state index is 8.88. The Labute approximate surface area is 74.8 Å². The van der Waals surface area contributed by atoms with E-state index in [0.29, 0.717) is 12.1 Å². The van der Waals surface area contributed by atoms with Gasteiger partial charge in [-0.15, -0.1) is 0 Å². The molecule has 1 heterocycles. The molecule has 0 amide bonds. The van der Waals surface area contributed by atoms with Gasteiger partial charge in [0.2, 0.25) is 0 Å². The maximum absolute atomic E-state index is 8.88. The lowest BCUT2D eigenvalue weighted by Gasteiger charge is -2.31. The first-order valence-electron chi connectivity index (χ1n) is 4.83. The van der Waals surface area contributed by atoms with Crippen molar-refractivity contribution >= 4 is 0 Å². The summed E-state index contributed by atoms with van der Waals surface area (Å²) < 4.78 is 0. The first-order chi connectivity index (χ1) is 5.75. The van der Waals surface area contributed by atoms with Crippen LogP contribution in [0.1, 0.15) is 20.3 Å². The SMILES string of the molecule is CC(C)N(CCO)C1CCNC1. The molecule has 1 saturated heterocycles. The minimum Gasteiger partial charge on any atom is -0.395 e. The molecule has 0 bridgehead atoms. The van der Waals surface area contributed by atoms with E-state index in [2.05, 4.69) is 24.1 Å². The minimum atomic E-state index is 0.273. The number of nitrogens with one attached hydrogen (secondary N) is 1. The van der Waals surface area contributed by atoms with E-state index < -0.39 is 0 Å². The van der Waals surface area contributed by atoms with E-state index in [0.717, 1.165) is 19.6 Å². The molecular weight excluding hydrogens is 152 g/mol. The first-order valence-corrected chi connectivity index (χ1v) is 4.83. The largest absolute Gasteiger partial charge is 0.395 e. The van der Waals surface area contributed by atoms with Crippen molar-refractivity contribution in [2.45, 2.75) is 32.4 Å². The van der Waals surface area contributed by atoms with Crippen LogP contribution in [0.2, 0.25) is 0 Å². The van der Waals surface area contributed by atoms with Crippen LogP contribution in [0.25, 0.3) is 0 Å². The summed E-state index contributed by atoms with van der Waals surface area (Å²) in [5.41, 5.74) is 0. The van der Waals surface area contributed by atoms with E-state index in [1.54, 1.807) is 0 Å². The first kappa shape index (κ1) is 9.96. The van der Waals surface area contributed by atoms with Gasteiger partial charge in [-0.05, 0) is 26.8 Å². The van der Waals surface area contributed by atoms with Crippen LogP contribution in [0.5, 0.6) is 0 Å². The molecule has 1 aliphatic heterocycles. The Morgan fingerprint density at radius 3 is 2.75 bits per heavy atom. The van der Waals surface area contributed by atoms with Gasteiger partial charge in [0.25, 0.3) is 0 Å². The molecule has 1 aliphatic rings. The zero-order chi connectivity index (χ0) is 8.97. The topological polar surface area (TPSA) is 35.5 Å². The fourth-order valence-electron chi connectivity index (χ4n) is 1.90. The molecule has 1 unspecified atom stereocenters. The zero-order valence-electron chi connectivity index (χ0n) is 8.08. The van der Waals surface area contributed by atoms with Crippen LogP contribution < -0.4 is 5.32 Å². The number of hydrogen-bond donors (Lipinski definition) is 2. The van der Waals surface area contributed by atoms with E-state index in [1.807, 2.05) is 0 Å². The molecule has 0 aromatic carbocycles. The fraction of sp³-hybridized carbons (Fsp3) is 1.00. The van der Waals surface area contributed by atoms with Crippen LogP contribution in [0, 0.1) is 0 Å². The highest BCUT2D eigenvalue weighted by Gasteiger charge is 2.23. The highest BCUT2D eigenvalue weighted by Crippen LogP contribution is 2.11. The normalized spacial score (nSPS) is 24.2. The second-order valence-electron chi connectivity index (χ2n) is 3.70. The molecular formula is C9H20N2O. The van der Waals surface area contributed by atoms with Gasteiger partial charge in [0.1, 0.15) is 0 Å². The van der Waals surface area contributed by atoms with Crippen molar-refractivity contribution in [2.75, 3.05) is 26.2 Å². The monoisotopic (exact) mass is 172 g/mol. The van der Waals surface area contributed by atoms with Crippen LogP contribution in [-0.4, -0.2) is 48.3 Å². The van der Waals surface area contributed by atoms with Crippen molar-refractivity contribution in [1.29, 1.82) is 0 Å². The second-order valence-corrected chi connectivity index (χ2v) is 3.70. The summed E-state index contributed by atoms with van der Waals surface area (Å²) in [5, 5.41) is 12.2. The summed E-state index contributed by atoms with van der Waals surface area (Å²) in [7, 11) is 0. The molecule has 1 atom stereocenters. The predicted molar refractivity (Wildman–Crippen MR) is 50.2 cm³/mol. The Kier molecular flexibility index (Phi) is 3.98. The summed E-state index contributed by atoms with van der Waals surface area (Å²) >= 11 is 0. The summed E-state index contributed by atoms with van der Waals surface area (Å²) in [6, 6.07) is 1.18. The number of nitrogens with zero attached hydrogens (tertiary/aromatic N) is 1. The lowest BCUT2D eigenvalue weighted by Crippen LogP contribution is -2.43. The Balaban J connectivity index is 2.40. The molecule has 0 aromatic heterocycles. The van der Waals surface area contributed by atoms with Gasteiger partial charge in [-0.2, -0.15) is 0 Å². The lowest BCUT2D eigenvalue weighted by molar-refractivity contribution is 0.126. The average molecular weight is 172 g/mol. The molecule has 0 spiro atoms. The summed E-state index contributed by atoms with van der Waals surface area (Å²) in [5.74, 6) is 0. The third-order valence-corrected chi connectivity index (χ3v) is 2.52. The van der Waals surface area contributed by atoms with Gasteiger partial charge < -0.3 is 10.4 Å². The molecule has 3 nitrogen and oxygen atoms in total. The molecule has 2 N–H and O–H groups in total. The smallest absolute Gasteiger partial charge is 0.0558 e. The molecule has 0 aromatic rings. The van der Waals surface area contributed by atoms with Gasteiger partial charge in [-0.3, -0.25) is 4.90 Å². The van der Waals surface area contributed by atoms with E-state index in [9.17, 15) is 0 Å². The van der Waals surface area contributed by atoms with Crippen molar-refractivity contribution in [3.63, 3.8) is 0 Å². The van der Waals surface area contributed by atoms with Crippen molar-refractivity contribution < 1.29 is 5.11 Å². The van der Waals surface area contributed by atoms with Gasteiger partial charge in [0, 0.05) is 25.2 Å². The summed E-state index contributed by atoms with van der Waals surface area (Å²) in [6.07, 6.45) is 1.22. The zero-order valence-corrected chi connectivity index (χ0v) is 8.08. The molecule has 3 heteroatoms. The Morgan fingerprint density at radius 2 is 2.33 bits per heavy atom. The molecule has 1 rings (SSSR count). The molecule has 0 aliphatic carbocycles. The van der Waals surface area contributed by atoms with E-state index in [4.69, 9.17) is 5.11 Å². The summed E-state index contributed by atoms with van der Waals surface area (Å²) in [6.45, 7) is 7.66. The molecule has 12 heavy (non-hydrogen) atoms. The lowest BCUT2D eigenvalue weighted by atomic mass is 10.2. The maximum Gasteiger partial charge on any atom is 0.0558 e. The average Bonchev–Trinajstić information content (AvgIpc) is 2.51. The number of aliphatic hydroxyl groups is 1. The quantitative estimate of drug-likeness (QED) is 0.629. The van der Waals surface area contributed by atoms with E-state index >= 15 is 0 Å². The van der Waals surface area contributed by atoms with Crippen molar-refractivity contribution in [2.24, 2.45) is 0 Å². The Bertz CT molecular complexity index is 122. The number of aliphatic hydroxyl groups excluding tert-OH is 1. The molecule has 1 fully saturated rings. The number of rotatable bonds is 4. The minimum absolute atomic E-state index is 0.273. The third kappa shape index (κ3) is 2.44. The standard InChI is InChI=1S/C9H20N2O/c1-8(2)11(5-6-12)9-3-4-10-7-9/h8-10,12H,3-7H2,1-2H3. The summed E-state index contributed by atoms with van der Waals surface area (Å²) in [4.78, 5) is 2.38. The van der Waals surface area contributed by atoms with Gasteiger partial charge in [-0.1, -0.05) is 0 Å². The Hall–Kier alpha value is -0.120. The predicted octanol–water partition coefficient (Wildman–Crippen LogP) is 0.0510. The van der Waals surface area contributed by atoms with Gasteiger partial charge in [-0.25, -0.2) is 0 Å². The third-order valence-electron chi connectivity index (χ3n) is 2.52. The molecule has 0 radical (unpaired) electrons. The van der Waals surface area contributed by atoms with Gasteiger partial charge >= 0.3 is 0 Å². The number of hydrogen-bond acceptors (Lipinski definition) is 3. The molecule has 0 saturated carbocycles. The van der Waals surface area contributed by atoms with Crippen molar-refractivity contribution in [3.8, 4) is 0 Å². The van der Waals surface area contributed by atoms with Gasteiger partial charge in [0.05, 0.1) is 6.61 Å². The van der Waals surface area contributed by atoms with Crippen LogP contribution in [-0.2, 0) is 0 Å². The van der Waals surface area contributed by atoms with E-state index in [-0.39, 0.29) is 6.61 Å². The fourth-order valence-corrected chi connectivity index (χ4v) is 1.90. The highest BCUT2D eigenvalue weighted by molar-refractivity contribution is 4.82. The van der Waals surface area contributed by atoms with Crippen LogP contribution in [0.4, 0.5) is 0 Å². The van der Waals surface area contributed by atoms with Gasteiger partial charge in [0.15, 0.2) is 0 Å². The highest BCUT2D eigenvalue weighted by atomic mass is 16.3. The van der Waals surface area contributed by atoms with Crippen molar-refractivity contribution in [1.82, 2.24) is 10.2 Å².